The summed E-state index contributed by atoms with van der Waals surface area (Å²) in [5.74, 6) is -1.01. The van der Waals surface area contributed by atoms with E-state index in [-0.39, 0.29) is 45.4 Å². The van der Waals surface area contributed by atoms with Crippen LogP contribution in [0.3, 0.4) is 0 Å². The van der Waals surface area contributed by atoms with Gasteiger partial charge in [-0.1, -0.05) is 83.3 Å². The highest BCUT2D eigenvalue weighted by atomic mass is 16.4. The average Bonchev–Trinajstić information content (AvgIpc) is 2.85. The Hall–Kier alpha value is -0.990. The Morgan fingerprint density at radius 1 is 0.622 bits per heavy atom. The van der Waals surface area contributed by atoms with Gasteiger partial charge in [-0.2, -0.15) is 0 Å². The van der Waals surface area contributed by atoms with E-state index in [4.69, 9.17) is 25.5 Å². The zero-order chi connectivity index (χ0) is 29.4. The molecule has 0 aliphatic rings. The van der Waals surface area contributed by atoms with Gasteiger partial charge in [-0.05, 0) is 65.7 Å². The standard InChI is InChI=1S/C22H41O3.4C2H4O/c1-2-3-4-5-6-7-8-9-10-11-12-13-14-15-16-17-18-21(20-23)19-22(24)25;4*1-2-3/h9-10,21H,2-8,11-20H2,1H3,(H,24,25);4*1-2H2/b10-9-;;;;. The van der Waals surface area contributed by atoms with E-state index in [2.05, 4.69) is 46.8 Å². The fourth-order valence-electron chi connectivity index (χ4n) is 3.17. The SMILES string of the molecule is CCCCCCCC/C=C\CCCCCCCCC(C[O])CC(=O)O.[CH2]C[O].[CH2]C[O].[CH2]C[O].[CH2]C[O]. The first-order chi connectivity index (χ1) is 17.9. The Morgan fingerprint density at radius 3 is 1.27 bits per heavy atom. The minimum absolute atomic E-state index is 0.0363. The molecule has 0 aliphatic carbocycles. The molecule has 1 N–H and O–H groups in total. The molecule has 219 valence electrons. The van der Waals surface area contributed by atoms with Gasteiger partial charge in [0.15, 0.2) is 0 Å². The first-order valence-electron chi connectivity index (χ1n) is 13.8. The van der Waals surface area contributed by atoms with E-state index in [9.17, 15) is 9.90 Å². The summed E-state index contributed by atoms with van der Waals surface area (Å²) in [6.07, 6.45) is 23.3. The predicted molar refractivity (Wildman–Crippen MR) is 149 cm³/mol. The average molecular weight is 530 g/mol. The minimum Gasteiger partial charge on any atom is -0.481 e. The molecule has 1 unspecified atom stereocenters. The van der Waals surface area contributed by atoms with Crippen molar-refractivity contribution < 1.29 is 35.4 Å². The lowest BCUT2D eigenvalue weighted by atomic mass is 9.98. The zero-order valence-corrected chi connectivity index (χ0v) is 23.8. The molecule has 0 saturated heterocycles. The Balaban J connectivity index is -0.000000238. The normalized spacial score (nSPS) is 10.5. The van der Waals surface area contributed by atoms with Crippen LogP contribution in [0.5, 0.6) is 0 Å². The summed E-state index contributed by atoms with van der Waals surface area (Å²) in [6.45, 7) is 12.7. The lowest BCUT2D eigenvalue weighted by Gasteiger charge is -2.09. The minimum atomic E-state index is -0.842. The van der Waals surface area contributed by atoms with Crippen molar-refractivity contribution in [2.45, 2.75) is 110 Å². The summed E-state index contributed by atoms with van der Waals surface area (Å²) < 4.78 is 0. The van der Waals surface area contributed by atoms with E-state index in [1.165, 1.54) is 77.0 Å². The number of carbonyl (C=O) groups is 1. The van der Waals surface area contributed by atoms with E-state index >= 15 is 0 Å². The van der Waals surface area contributed by atoms with Crippen LogP contribution in [0, 0.1) is 33.6 Å². The molecule has 0 spiro atoms. The molecule has 7 heteroatoms. The molecule has 0 aromatic carbocycles. The number of allylic oxidation sites excluding steroid dienone is 2. The Morgan fingerprint density at radius 2 is 0.946 bits per heavy atom. The number of unbranched alkanes of at least 4 members (excludes halogenated alkanes) is 12. The molecule has 37 heavy (non-hydrogen) atoms. The summed E-state index contributed by atoms with van der Waals surface area (Å²) in [7, 11) is 0. The lowest BCUT2D eigenvalue weighted by molar-refractivity contribution is -0.138. The van der Waals surface area contributed by atoms with Gasteiger partial charge in [0, 0.05) is 0 Å². The number of hydrogen-bond donors (Lipinski definition) is 1. The summed E-state index contributed by atoms with van der Waals surface area (Å²) in [6, 6.07) is 0. The van der Waals surface area contributed by atoms with Crippen molar-refractivity contribution >= 4 is 5.97 Å². The molecule has 0 aromatic heterocycles. The van der Waals surface area contributed by atoms with Crippen molar-refractivity contribution in [2.24, 2.45) is 5.92 Å². The van der Waals surface area contributed by atoms with Crippen molar-refractivity contribution in [3.8, 4) is 0 Å². The Kier molecular flexibility index (Phi) is 64.0. The lowest BCUT2D eigenvalue weighted by Crippen LogP contribution is -2.11. The fraction of sp³-hybridized carbons (Fsp3) is 0.767. The molecule has 0 heterocycles. The van der Waals surface area contributed by atoms with Crippen LogP contribution in [0.15, 0.2) is 12.2 Å². The molecular weight excluding hydrogens is 472 g/mol. The van der Waals surface area contributed by atoms with Crippen molar-refractivity contribution in [1.29, 1.82) is 0 Å². The monoisotopic (exact) mass is 529 g/mol. The third-order valence-corrected chi connectivity index (χ3v) is 4.82. The van der Waals surface area contributed by atoms with E-state index < -0.39 is 5.97 Å². The summed E-state index contributed by atoms with van der Waals surface area (Å²) in [5.41, 5.74) is 0. The fourth-order valence-corrected chi connectivity index (χ4v) is 3.17. The molecule has 0 fully saturated rings. The van der Waals surface area contributed by atoms with Crippen LogP contribution < -0.4 is 0 Å². The van der Waals surface area contributed by atoms with Crippen LogP contribution in [0.4, 0.5) is 0 Å². The first kappa shape index (κ1) is 45.9. The summed E-state index contributed by atoms with van der Waals surface area (Å²) in [5, 5.41) is 54.9. The quantitative estimate of drug-likeness (QED) is 0.134. The van der Waals surface area contributed by atoms with E-state index in [1.54, 1.807) is 0 Å². The van der Waals surface area contributed by atoms with E-state index in [1.807, 2.05) is 0 Å². The maximum atomic E-state index is 10.9. The van der Waals surface area contributed by atoms with Crippen LogP contribution in [0.2, 0.25) is 0 Å². The highest BCUT2D eigenvalue weighted by molar-refractivity contribution is 5.67. The van der Waals surface area contributed by atoms with E-state index in [0.29, 0.717) is 0 Å². The molecule has 0 saturated carbocycles. The second-order valence-electron chi connectivity index (χ2n) is 8.17. The maximum absolute atomic E-state index is 10.9. The van der Waals surface area contributed by atoms with Crippen LogP contribution >= 0.6 is 0 Å². The van der Waals surface area contributed by atoms with Gasteiger partial charge < -0.3 is 5.11 Å². The van der Waals surface area contributed by atoms with Gasteiger partial charge in [0.05, 0.1) is 39.5 Å². The van der Waals surface area contributed by atoms with Crippen LogP contribution in [-0.4, -0.2) is 44.1 Å². The maximum Gasteiger partial charge on any atom is 0.303 e. The van der Waals surface area contributed by atoms with Crippen LogP contribution in [-0.2, 0) is 30.3 Å². The molecule has 1 atom stereocenters. The predicted octanol–water partition coefficient (Wildman–Crippen LogP) is 7.94. The molecule has 0 aliphatic heterocycles. The van der Waals surface area contributed by atoms with Crippen molar-refractivity contribution in [3.05, 3.63) is 39.8 Å². The third-order valence-electron chi connectivity index (χ3n) is 4.82. The van der Waals surface area contributed by atoms with Gasteiger partial charge in [0.2, 0.25) is 0 Å². The van der Waals surface area contributed by atoms with Gasteiger partial charge >= 0.3 is 5.97 Å². The van der Waals surface area contributed by atoms with Gasteiger partial charge in [-0.25, -0.2) is 25.5 Å². The zero-order valence-electron chi connectivity index (χ0n) is 23.8. The van der Waals surface area contributed by atoms with Crippen molar-refractivity contribution in [1.82, 2.24) is 0 Å². The second-order valence-corrected chi connectivity index (χ2v) is 8.17. The number of rotatable bonds is 19. The Labute approximate surface area is 230 Å². The molecule has 0 amide bonds. The Bertz CT molecular complexity index is 369. The number of hydrogen-bond acceptors (Lipinski definition) is 1. The van der Waals surface area contributed by atoms with Gasteiger partial charge in [-0.3, -0.25) is 4.79 Å². The van der Waals surface area contributed by atoms with Gasteiger partial charge in [-0.15, -0.1) is 0 Å². The van der Waals surface area contributed by atoms with Crippen LogP contribution in [0.1, 0.15) is 110 Å². The largest absolute Gasteiger partial charge is 0.481 e. The van der Waals surface area contributed by atoms with Gasteiger partial charge in [0.25, 0.3) is 0 Å². The van der Waals surface area contributed by atoms with Gasteiger partial charge in [0.1, 0.15) is 0 Å². The molecule has 0 rings (SSSR count). The van der Waals surface area contributed by atoms with Crippen molar-refractivity contribution in [2.75, 3.05) is 33.0 Å². The molecule has 7 nitrogen and oxygen atoms in total. The topological polar surface area (TPSA) is 137 Å². The summed E-state index contributed by atoms with van der Waals surface area (Å²) in [4.78, 5) is 10.6. The first-order valence-corrected chi connectivity index (χ1v) is 13.8. The smallest absolute Gasteiger partial charge is 0.303 e. The number of aliphatic carboxylic acids is 1. The molecule has 9 radical (unpaired) electrons. The molecule has 0 bridgehead atoms. The molecule has 0 aromatic rings. The second kappa shape index (κ2) is 51.6. The van der Waals surface area contributed by atoms with Crippen molar-refractivity contribution in [3.63, 3.8) is 0 Å². The summed E-state index contributed by atoms with van der Waals surface area (Å²) >= 11 is 0. The number of carboxylic acids is 1. The number of carboxylic acid groups (broad SMARTS) is 1. The van der Waals surface area contributed by atoms with Crippen LogP contribution in [0.25, 0.3) is 0 Å². The highest BCUT2D eigenvalue weighted by Crippen LogP contribution is 2.15. The highest BCUT2D eigenvalue weighted by Gasteiger charge is 2.12. The third kappa shape index (κ3) is 72.1. The molecular formula is C30H57O7. The van der Waals surface area contributed by atoms with E-state index in [0.717, 1.165) is 19.3 Å².